The van der Waals surface area contributed by atoms with Crippen LogP contribution in [0.25, 0.3) is 11.0 Å². The summed E-state index contributed by atoms with van der Waals surface area (Å²) in [7, 11) is 0. The Bertz CT molecular complexity index is 1190. The van der Waals surface area contributed by atoms with E-state index in [1.165, 1.54) is 5.56 Å². The van der Waals surface area contributed by atoms with Gasteiger partial charge in [-0.2, -0.15) is 0 Å². The quantitative estimate of drug-likeness (QED) is 0.302. The molecule has 0 fully saturated rings. The molecule has 170 valence electrons. The van der Waals surface area contributed by atoms with E-state index in [1.807, 2.05) is 72.8 Å². The highest BCUT2D eigenvalue weighted by molar-refractivity contribution is 6.32. The average molecular weight is 462 g/mol. The largest absolute Gasteiger partial charge is 0.490 e. The molecule has 33 heavy (non-hydrogen) atoms. The van der Waals surface area contributed by atoms with Crippen LogP contribution < -0.4 is 10.1 Å². The van der Waals surface area contributed by atoms with Crippen LogP contribution in [0.1, 0.15) is 24.2 Å². The zero-order valence-electron chi connectivity index (χ0n) is 18.5. The minimum Gasteiger partial charge on any atom is -0.490 e. The zero-order valence-corrected chi connectivity index (χ0v) is 19.3. The van der Waals surface area contributed by atoms with Gasteiger partial charge in [0.1, 0.15) is 18.2 Å². The molecular formula is C27H28ClN3O2. The first-order chi connectivity index (χ1) is 16.2. The zero-order chi connectivity index (χ0) is 22.9. The minimum absolute atomic E-state index is 0.0838. The molecule has 0 saturated heterocycles. The number of halogens is 1. The Kier molecular flexibility index (Phi) is 7.99. The smallest absolute Gasteiger partial charge is 0.220 e. The van der Waals surface area contributed by atoms with E-state index >= 15 is 0 Å². The number of aryl methyl sites for hydroxylation is 2. The van der Waals surface area contributed by atoms with Gasteiger partial charge in [0.15, 0.2) is 0 Å². The molecule has 4 aromatic rings. The maximum Gasteiger partial charge on any atom is 0.220 e. The Morgan fingerprint density at radius 1 is 0.939 bits per heavy atom. The molecule has 6 heteroatoms. The van der Waals surface area contributed by atoms with Gasteiger partial charge < -0.3 is 14.6 Å². The van der Waals surface area contributed by atoms with Gasteiger partial charge in [-0.1, -0.05) is 66.2 Å². The summed E-state index contributed by atoms with van der Waals surface area (Å²) in [6, 6.07) is 25.7. The highest BCUT2D eigenvalue weighted by Gasteiger charge is 2.11. The molecule has 4 rings (SSSR count). The second-order valence-corrected chi connectivity index (χ2v) is 8.29. The van der Waals surface area contributed by atoms with Crippen LogP contribution >= 0.6 is 11.6 Å². The molecule has 0 radical (unpaired) electrons. The molecule has 0 atom stereocenters. The molecule has 0 aliphatic rings. The Balaban J connectivity index is 1.29. The molecule has 3 aromatic carbocycles. The van der Waals surface area contributed by atoms with E-state index in [0.29, 0.717) is 36.9 Å². The summed E-state index contributed by atoms with van der Waals surface area (Å²) >= 11 is 6.20. The Hall–Kier alpha value is -3.31. The predicted molar refractivity (Wildman–Crippen MR) is 133 cm³/mol. The highest BCUT2D eigenvalue weighted by Crippen LogP contribution is 2.23. The van der Waals surface area contributed by atoms with E-state index in [9.17, 15) is 4.79 Å². The lowest BCUT2D eigenvalue weighted by molar-refractivity contribution is -0.121. The molecule has 0 aliphatic carbocycles. The van der Waals surface area contributed by atoms with Crippen LogP contribution in [-0.2, 0) is 24.2 Å². The molecule has 0 saturated carbocycles. The summed E-state index contributed by atoms with van der Waals surface area (Å²) in [5.41, 5.74) is 3.24. The van der Waals surface area contributed by atoms with Crippen LogP contribution in [0.3, 0.4) is 0 Å². The number of hydrogen-bond donors (Lipinski definition) is 1. The molecule has 0 aliphatic heterocycles. The molecule has 1 N–H and O–H groups in total. The van der Waals surface area contributed by atoms with E-state index < -0.39 is 0 Å². The van der Waals surface area contributed by atoms with Crippen molar-refractivity contribution in [3.8, 4) is 5.75 Å². The van der Waals surface area contributed by atoms with Crippen LogP contribution in [-0.4, -0.2) is 28.6 Å². The Morgan fingerprint density at radius 2 is 1.70 bits per heavy atom. The van der Waals surface area contributed by atoms with Gasteiger partial charge in [0.25, 0.3) is 0 Å². The number of benzene rings is 3. The normalized spacial score (nSPS) is 10.9. The Morgan fingerprint density at radius 3 is 2.55 bits per heavy atom. The van der Waals surface area contributed by atoms with Crippen LogP contribution in [0.2, 0.25) is 5.02 Å². The van der Waals surface area contributed by atoms with Gasteiger partial charge in [-0.05, 0) is 42.7 Å². The lowest BCUT2D eigenvalue weighted by Crippen LogP contribution is -2.25. The highest BCUT2D eigenvalue weighted by atomic mass is 35.5. The number of fused-ring (bicyclic) bond motifs is 1. The number of nitrogens with zero attached hydrogens (tertiary/aromatic N) is 2. The summed E-state index contributed by atoms with van der Waals surface area (Å²) in [5, 5.41) is 3.64. The number of amides is 1. The van der Waals surface area contributed by atoms with Crippen molar-refractivity contribution in [3.05, 3.63) is 95.3 Å². The van der Waals surface area contributed by atoms with Crippen LogP contribution in [0.5, 0.6) is 5.75 Å². The van der Waals surface area contributed by atoms with Gasteiger partial charge in [0.05, 0.1) is 22.6 Å². The van der Waals surface area contributed by atoms with E-state index in [4.69, 9.17) is 21.3 Å². The second kappa shape index (κ2) is 11.5. The average Bonchev–Trinajstić information content (AvgIpc) is 3.20. The van der Waals surface area contributed by atoms with E-state index in [-0.39, 0.29) is 5.91 Å². The van der Waals surface area contributed by atoms with Gasteiger partial charge in [0, 0.05) is 19.4 Å². The molecule has 0 spiro atoms. The van der Waals surface area contributed by atoms with Crippen LogP contribution in [0, 0.1) is 0 Å². The number of nitrogens with one attached hydrogen (secondary N) is 1. The first-order valence-electron chi connectivity index (χ1n) is 11.3. The lowest BCUT2D eigenvalue weighted by Gasteiger charge is -2.12. The third-order valence-corrected chi connectivity index (χ3v) is 5.84. The van der Waals surface area contributed by atoms with Crippen molar-refractivity contribution < 1.29 is 9.53 Å². The molecule has 1 aromatic heterocycles. The van der Waals surface area contributed by atoms with Crippen LogP contribution in [0.15, 0.2) is 78.9 Å². The number of carbonyl (C=O) groups is 1. The maximum absolute atomic E-state index is 12.2. The number of carbonyl (C=O) groups excluding carboxylic acids is 1. The number of ether oxygens (including phenoxy) is 1. The van der Waals surface area contributed by atoms with Gasteiger partial charge >= 0.3 is 0 Å². The van der Waals surface area contributed by atoms with Crippen molar-refractivity contribution in [2.75, 3.05) is 13.2 Å². The first kappa shape index (κ1) is 22.9. The summed E-state index contributed by atoms with van der Waals surface area (Å²) < 4.78 is 8.09. The van der Waals surface area contributed by atoms with Gasteiger partial charge in [0.2, 0.25) is 5.91 Å². The molecule has 1 amide bonds. The fourth-order valence-electron chi connectivity index (χ4n) is 3.84. The van der Waals surface area contributed by atoms with Gasteiger partial charge in [-0.15, -0.1) is 0 Å². The summed E-state index contributed by atoms with van der Waals surface area (Å²) in [5.74, 6) is 1.77. The topological polar surface area (TPSA) is 56.2 Å². The number of imidazole rings is 1. The van der Waals surface area contributed by atoms with E-state index in [1.54, 1.807) is 0 Å². The number of rotatable bonds is 11. The SMILES string of the molecule is O=C(CCc1ccccc1)NCCCc1nc2ccccc2n1CCOc1ccccc1Cl. The van der Waals surface area contributed by atoms with Crippen molar-refractivity contribution in [1.82, 2.24) is 14.9 Å². The van der Waals surface area contributed by atoms with Crippen molar-refractivity contribution >= 4 is 28.5 Å². The molecule has 0 bridgehead atoms. The molecular weight excluding hydrogens is 434 g/mol. The minimum atomic E-state index is 0.0838. The van der Waals surface area contributed by atoms with Crippen LogP contribution in [0.4, 0.5) is 0 Å². The van der Waals surface area contributed by atoms with E-state index in [0.717, 1.165) is 36.1 Å². The van der Waals surface area contributed by atoms with Crippen molar-refractivity contribution in [2.45, 2.75) is 32.2 Å². The van der Waals surface area contributed by atoms with E-state index in [2.05, 4.69) is 16.0 Å². The first-order valence-corrected chi connectivity index (χ1v) is 11.7. The number of para-hydroxylation sites is 3. The third kappa shape index (κ3) is 6.36. The molecule has 1 heterocycles. The predicted octanol–water partition coefficient (Wildman–Crippen LogP) is 5.45. The molecule has 0 unspecified atom stereocenters. The van der Waals surface area contributed by atoms with Crippen molar-refractivity contribution in [1.29, 1.82) is 0 Å². The Labute approximate surface area is 199 Å². The van der Waals surface area contributed by atoms with Crippen molar-refractivity contribution in [3.63, 3.8) is 0 Å². The number of aromatic nitrogens is 2. The van der Waals surface area contributed by atoms with Crippen molar-refractivity contribution in [2.24, 2.45) is 0 Å². The van der Waals surface area contributed by atoms with Gasteiger partial charge in [-0.3, -0.25) is 4.79 Å². The summed E-state index contributed by atoms with van der Waals surface area (Å²) in [4.78, 5) is 17.0. The lowest BCUT2D eigenvalue weighted by atomic mass is 10.1. The summed E-state index contributed by atoms with van der Waals surface area (Å²) in [6.07, 6.45) is 2.86. The summed E-state index contributed by atoms with van der Waals surface area (Å²) in [6.45, 7) is 1.80. The fraction of sp³-hybridized carbons (Fsp3) is 0.259. The number of hydrogen-bond acceptors (Lipinski definition) is 3. The standard InChI is InChI=1S/C27H28ClN3O2/c28-22-11-4-7-14-25(22)33-20-19-31-24-13-6-5-12-23(24)30-26(31)15-8-18-29-27(32)17-16-21-9-2-1-3-10-21/h1-7,9-14H,8,15-20H2,(H,29,32). The molecule has 5 nitrogen and oxygen atoms in total. The fourth-order valence-corrected chi connectivity index (χ4v) is 4.03. The second-order valence-electron chi connectivity index (χ2n) is 7.89. The maximum atomic E-state index is 12.2. The van der Waals surface area contributed by atoms with Gasteiger partial charge in [-0.25, -0.2) is 4.98 Å². The third-order valence-electron chi connectivity index (χ3n) is 5.53. The monoisotopic (exact) mass is 461 g/mol.